The molecule has 16 rings (SSSR count). The first-order valence-electron chi connectivity index (χ1n) is 45.2. The van der Waals surface area contributed by atoms with Crippen molar-refractivity contribution in [1.82, 2.24) is 9.13 Å². The topological polar surface area (TPSA) is 274 Å². The van der Waals surface area contributed by atoms with Crippen molar-refractivity contribution in [3.05, 3.63) is 329 Å². The summed E-state index contributed by atoms with van der Waals surface area (Å²) in [6, 6.07) is 89.1. The molecule has 0 amide bonds. The van der Waals surface area contributed by atoms with Crippen LogP contribution in [0.3, 0.4) is 0 Å². The average molecular weight is 1780 g/mol. The second kappa shape index (κ2) is 50.4. The molecule has 0 saturated carbocycles. The van der Waals surface area contributed by atoms with Gasteiger partial charge in [-0.15, -0.1) is 0 Å². The number of benzene rings is 8. The molecule has 0 aliphatic carbocycles. The zero-order valence-electron chi connectivity index (χ0n) is 73.7. The normalized spacial score (nSPS) is 12.5. The van der Waals surface area contributed by atoms with Gasteiger partial charge in [-0.05, 0) is 265 Å². The predicted molar refractivity (Wildman–Crippen MR) is 525 cm³/mol. The standard InChI is InChI=1S/C51H59N12O4.C51H55N12.2CH4/c64-37-33-60(34-38-65)48-21-17-44(18-22-48)52-42-9-13-46(14-10-42)54-56-50-7-1-3-27-62(50)29-5-25-58-31-32-59(41-58)26-6-30-63-28-4-2-8-51(63)57-55-47-15-11-43(12-16-47)53-45-19-23-49(24-20-45)61(35-39-66)36-40-67;1-3-35-62(50(11-1)56-54-46-17-13-42(14-18-46)52-44-21-25-48(26-22-44)60-31-5-6-32-60)37-9-29-58-39-40-59(41-58)30-10-38-63-36-4-2-12-51(63)57-55-47-19-15-43(16-20-47)53-45-23-27-49(28-24-45)61-33-7-8-34-61;;/h1-4,7-24,27-28,31-32,41,64-67H,5-6,25-26,29-30,33-40H2;1-4,11-28,35-36,39-41H,5-10,29-34,37-38H2;2*1H4/q2*+1;;/p+4. The minimum absolute atomic E-state index is 0. The lowest BCUT2D eigenvalue weighted by Crippen LogP contribution is -2.38. The van der Waals surface area contributed by atoms with Gasteiger partial charge in [0.2, 0.25) is 12.7 Å². The Morgan fingerprint density at radius 2 is 0.523 bits per heavy atom. The van der Waals surface area contributed by atoms with Crippen molar-refractivity contribution in [1.29, 1.82) is 0 Å². The lowest BCUT2D eigenvalue weighted by atomic mass is 10.2. The highest BCUT2D eigenvalue weighted by molar-refractivity contribution is 5.69. The minimum atomic E-state index is 0. The molecule has 0 bridgehead atoms. The first kappa shape index (κ1) is 95.0. The van der Waals surface area contributed by atoms with Crippen LogP contribution < -0.4 is 68.3 Å². The molecule has 2 aliphatic heterocycles. The van der Waals surface area contributed by atoms with Gasteiger partial charge in [-0.3, -0.25) is 0 Å². The number of hydrogen-bond acceptors (Lipinski definition) is 20. The van der Waals surface area contributed by atoms with Gasteiger partial charge in [-0.25, -0.2) is 36.5 Å². The van der Waals surface area contributed by atoms with Crippen molar-refractivity contribution in [3.63, 3.8) is 0 Å². The Bertz CT molecular complexity index is 5540. The number of nitrogens with one attached hydrogen (secondary N) is 4. The summed E-state index contributed by atoms with van der Waals surface area (Å²) < 4.78 is 17.5. The second-order valence-electron chi connectivity index (χ2n) is 32.1. The maximum absolute atomic E-state index is 9.34. The molecule has 28 heteroatoms. The number of imidazole rings is 2. The first-order chi connectivity index (χ1) is 64.2. The van der Waals surface area contributed by atoms with Crippen LogP contribution in [0, 0.1) is 0 Å². The van der Waals surface area contributed by atoms with Gasteiger partial charge in [0, 0.05) is 171 Å². The van der Waals surface area contributed by atoms with E-state index in [0.29, 0.717) is 26.2 Å². The van der Waals surface area contributed by atoms with E-state index in [-0.39, 0.29) is 41.3 Å². The van der Waals surface area contributed by atoms with Crippen LogP contribution in [-0.4, -0.2) is 108 Å². The van der Waals surface area contributed by atoms with E-state index in [2.05, 4.69) is 207 Å². The zero-order valence-corrected chi connectivity index (χ0v) is 73.7. The number of aliphatic hydroxyl groups excluding tert-OH is 4. The quantitative estimate of drug-likeness (QED) is 0.0131. The van der Waals surface area contributed by atoms with Gasteiger partial charge in [-0.1, -0.05) is 39.1 Å². The maximum atomic E-state index is 9.34. The summed E-state index contributed by atoms with van der Waals surface area (Å²) in [4.78, 5) is 8.79. The third-order valence-electron chi connectivity index (χ3n) is 22.7. The molecule has 2 saturated heterocycles. The van der Waals surface area contributed by atoms with Crippen LogP contribution in [0.15, 0.2) is 370 Å². The van der Waals surface area contributed by atoms with E-state index in [1.807, 2.05) is 241 Å². The smallest absolute Gasteiger partial charge is 0.350 e. The molecule has 0 unspecified atom stereocenters. The summed E-state index contributed by atoms with van der Waals surface area (Å²) in [6.45, 7) is 13.4. The summed E-state index contributed by atoms with van der Waals surface area (Å²) in [5.41, 5.74) is 15.5. The number of azo groups is 4. The number of rotatable bonds is 44. The SMILES string of the molecule is C.C.OCCN(CCO)c1ccc(Nc2ccc(N=Nc3cccc[n+]3CCCn3cc[n+](CCC[n+]4ccccc4N=Nc4ccc(Nc5ccc(N(CCO)CCO)cc5)cc4)c3)cc2)cc1.c1cc[n+](CCCn2cc[n+](CCC[n+]3ccccc3N=Nc3ccc(Nc4ccc(N5CCCC5)cc4)cc3)c2)c(N=Nc2ccc(Nc3ccc(N4CCCC4)cc3)cc2)c1. The number of aliphatic hydroxyl groups is 4. The number of pyridine rings is 4. The van der Waals surface area contributed by atoms with Crippen LogP contribution in [0.4, 0.5) is 114 Å². The molecule has 680 valence electrons. The predicted octanol–water partition coefficient (Wildman–Crippen LogP) is 19.8. The van der Waals surface area contributed by atoms with Crippen molar-refractivity contribution in [2.24, 2.45) is 40.9 Å². The van der Waals surface area contributed by atoms with E-state index in [0.717, 1.165) is 207 Å². The molecule has 0 radical (unpaired) electrons. The highest BCUT2D eigenvalue weighted by Crippen LogP contribution is 2.32. The molecular formula is C104H126N24O4+6. The summed E-state index contributed by atoms with van der Waals surface area (Å²) >= 11 is 0. The Morgan fingerprint density at radius 3 is 0.788 bits per heavy atom. The van der Waals surface area contributed by atoms with Gasteiger partial charge in [-0.2, -0.15) is 0 Å². The lowest BCUT2D eigenvalue weighted by Gasteiger charge is -2.23. The molecule has 132 heavy (non-hydrogen) atoms. The second-order valence-corrected chi connectivity index (χ2v) is 32.1. The molecule has 6 aromatic heterocycles. The van der Waals surface area contributed by atoms with Crippen LogP contribution in [-0.2, 0) is 52.4 Å². The fourth-order valence-electron chi connectivity index (χ4n) is 15.8. The average Bonchev–Trinajstić information content (AvgIpc) is 1.88. The Labute approximate surface area is 775 Å². The number of anilines is 12. The molecule has 2 aliphatic rings. The van der Waals surface area contributed by atoms with E-state index in [1.165, 1.54) is 37.1 Å². The van der Waals surface area contributed by atoms with E-state index >= 15 is 0 Å². The lowest BCUT2D eigenvalue weighted by molar-refractivity contribution is -0.721. The minimum Gasteiger partial charge on any atom is -0.395 e. The fourth-order valence-corrected chi connectivity index (χ4v) is 15.8. The van der Waals surface area contributed by atoms with Gasteiger partial charge in [0.15, 0.2) is 0 Å². The van der Waals surface area contributed by atoms with Gasteiger partial charge < -0.3 is 61.3 Å². The Morgan fingerprint density at radius 1 is 0.273 bits per heavy atom. The highest BCUT2D eigenvalue weighted by atomic mass is 16.3. The summed E-state index contributed by atoms with van der Waals surface area (Å²) in [7, 11) is 0. The number of aryl methyl sites for hydroxylation is 8. The number of aromatic nitrogens is 8. The maximum Gasteiger partial charge on any atom is 0.350 e. The number of hydrogen-bond donors (Lipinski definition) is 8. The van der Waals surface area contributed by atoms with Crippen molar-refractivity contribution < 1.29 is 47.8 Å². The van der Waals surface area contributed by atoms with Gasteiger partial charge >= 0.3 is 23.3 Å². The van der Waals surface area contributed by atoms with Crippen molar-refractivity contribution in [3.8, 4) is 0 Å². The largest absolute Gasteiger partial charge is 0.395 e. The number of nitrogens with zero attached hydrogens (tertiary/aromatic N) is 20. The Balaban J connectivity index is 0.000000221. The molecule has 0 spiro atoms. The van der Waals surface area contributed by atoms with Crippen molar-refractivity contribution in [2.75, 3.05) is 120 Å². The van der Waals surface area contributed by atoms with Crippen LogP contribution in [0.5, 0.6) is 0 Å². The molecular weight excluding hydrogens is 1650 g/mol. The molecule has 8 aromatic carbocycles. The van der Waals surface area contributed by atoms with Crippen LogP contribution in [0.25, 0.3) is 0 Å². The molecule has 14 aromatic rings. The van der Waals surface area contributed by atoms with Gasteiger partial charge in [0.05, 0.1) is 124 Å². The Hall–Kier alpha value is -14.6. The molecule has 2 fully saturated rings. The zero-order chi connectivity index (χ0) is 88.9. The fraction of sp³-hybridized carbons (Fsp3) is 0.288. The van der Waals surface area contributed by atoms with E-state index < -0.39 is 0 Å². The van der Waals surface area contributed by atoms with Crippen LogP contribution in [0.1, 0.15) is 66.2 Å². The Kier molecular flexibility index (Phi) is 36.3. The highest BCUT2D eigenvalue weighted by Gasteiger charge is 2.20. The third-order valence-corrected chi connectivity index (χ3v) is 22.7. The van der Waals surface area contributed by atoms with Gasteiger partial charge in [0.1, 0.15) is 47.5 Å². The third kappa shape index (κ3) is 28.7. The van der Waals surface area contributed by atoms with E-state index in [4.69, 9.17) is 0 Å². The molecule has 28 nitrogen and oxygen atoms in total. The van der Waals surface area contributed by atoms with Crippen LogP contribution in [0.2, 0.25) is 0 Å². The van der Waals surface area contributed by atoms with Crippen molar-refractivity contribution >= 4 is 114 Å². The van der Waals surface area contributed by atoms with Crippen molar-refractivity contribution in [2.45, 2.75) is 119 Å². The summed E-state index contributed by atoms with van der Waals surface area (Å²) in [5.74, 6) is 3.24. The summed E-state index contributed by atoms with van der Waals surface area (Å²) in [5, 5.41) is 87.8. The van der Waals surface area contributed by atoms with E-state index in [1.54, 1.807) is 0 Å². The van der Waals surface area contributed by atoms with Crippen LogP contribution >= 0.6 is 0 Å². The monoisotopic (exact) mass is 1780 g/mol. The van der Waals surface area contributed by atoms with Gasteiger partial charge in [0.25, 0.3) is 0 Å². The van der Waals surface area contributed by atoms with E-state index in [9.17, 15) is 20.4 Å². The summed E-state index contributed by atoms with van der Waals surface area (Å²) in [6.07, 6.45) is 30.0. The molecule has 0 atom stereocenters. The molecule has 8 heterocycles. The first-order valence-corrected chi connectivity index (χ1v) is 45.2. The molecule has 8 N–H and O–H groups in total.